The molecule has 1 fully saturated rings. The summed E-state index contributed by atoms with van der Waals surface area (Å²) < 4.78 is 8.80. The van der Waals surface area contributed by atoms with Crippen LogP contribution in [-0.2, 0) is 4.74 Å². The van der Waals surface area contributed by atoms with Crippen molar-refractivity contribution in [1.82, 2.24) is 9.78 Å². The zero-order chi connectivity index (χ0) is 9.60. The summed E-state index contributed by atoms with van der Waals surface area (Å²) in [5.41, 5.74) is -0.0501. The van der Waals surface area contributed by atoms with E-state index in [0.717, 1.165) is 23.9 Å². The highest BCUT2D eigenvalue weighted by molar-refractivity contribution is 9.10. The first-order chi connectivity index (χ1) is 6.80. The molecule has 1 saturated carbocycles. The van der Waals surface area contributed by atoms with Gasteiger partial charge in [-0.25, -0.2) is 0 Å². The molecule has 1 unspecified atom stereocenters. The van der Waals surface area contributed by atoms with Gasteiger partial charge in [-0.1, -0.05) is 12.2 Å². The number of hydrogen-bond donors (Lipinski definition) is 0. The van der Waals surface area contributed by atoms with Crippen molar-refractivity contribution in [2.45, 2.75) is 24.5 Å². The fraction of sp³-hybridized carbons (Fsp3) is 0.500. The van der Waals surface area contributed by atoms with Crippen LogP contribution in [0.5, 0.6) is 0 Å². The molecule has 3 nitrogen and oxygen atoms in total. The van der Waals surface area contributed by atoms with Gasteiger partial charge in [0.1, 0.15) is 5.60 Å². The second kappa shape index (κ2) is 2.94. The van der Waals surface area contributed by atoms with Gasteiger partial charge in [0, 0.05) is 6.20 Å². The summed E-state index contributed by atoms with van der Waals surface area (Å²) in [5, 5.41) is 4.31. The van der Waals surface area contributed by atoms with Crippen LogP contribution in [0.4, 0.5) is 0 Å². The molecule has 74 valence electrons. The Hall–Kier alpha value is -0.610. The van der Waals surface area contributed by atoms with Crippen molar-refractivity contribution < 1.29 is 4.74 Å². The summed E-state index contributed by atoms with van der Waals surface area (Å²) in [5.74, 6) is 0. The molecule has 1 aliphatic heterocycles. The molecule has 1 aliphatic carbocycles. The van der Waals surface area contributed by atoms with Crippen LogP contribution in [0, 0.1) is 0 Å². The summed E-state index contributed by atoms with van der Waals surface area (Å²) in [7, 11) is 0. The average molecular weight is 255 g/mol. The molecule has 0 aromatic carbocycles. The van der Waals surface area contributed by atoms with Crippen molar-refractivity contribution in [1.29, 1.82) is 0 Å². The monoisotopic (exact) mass is 254 g/mol. The van der Waals surface area contributed by atoms with Crippen LogP contribution in [-0.4, -0.2) is 22.0 Å². The summed E-state index contributed by atoms with van der Waals surface area (Å²) in [6.07, 6.45) is 10.4. The minimum atomic E-state index is -0.0501. The number of rotatable bonds is 1. The van der Waals surface area contributed by atoms with Crippen LogP contribution >= 0.6 is 15.9 Å². The van der Waals surface area contributed by atoms with Gasteiger partial charge in [0.2, 0.25) is 0 Å². The minimum absolute atomic E-state index is 0.0501. The Morgan fingerprint density at radius 3 is 3.07 bits per heavy atom. The summed E-state index contributed by atoms with van der Waals surface area (Å²) in [6, 6.07) is 0.382. The lowest BCUT2D eigenvalue weighted by molar-refractivity contribution is -0.0829. The molecule has 0 amide bonds. The van der Waals surface area contributed by atoms with Gasteiger partial charge in [0.25, 0.3) is 0 Å². The number of aromatic nitrogens is 2. The van der Waals surface area contributed by atoms with E-state index < -0.39 is 0 Å². The summed E-state index contributed by atoms with van der Waals surface area (Å²) in [6.45, 7) is 0.749. The highest BCUT2D eigenvalue weighted by atomic mass is 79.9. The quantitative estimate of drug-likeness (QED) is 0.720. The lowest BCUT2D eigenvalue weighted by Crippen LogP contribution is -2.47. The first kappa shape index (κ1) is 8.68. The topological polar surface area (TPSA) is 27.1 Å². The van der Waals surface area contributed by atoms with Gasteiger partial charge in [-0.15, -0.1) is 0 Å². The number of nitrogens with zero attached hydrogens (tertiary/aromatic N) is 2. The maximum atomic E-state index is 5.77. The second-order valence-corrected chi connectivity index (χ2v) is 4.78. The zero-order valence-electron chi connectivity index (χ0n) is 7.69. The predicted octanol–water partition coefficient (Wildman–Crippen LogP) is 2.31. The van der Waals surface area contributed by atoms with Gasteiger partial charge in [0.05, 0.1) is 23.3 Å². The number of halogens is 1. The van der Waals surface area contributed by atoms with Crippen LogP contribution < -0.4 is 0 Å². The van der Waals surface area contributed by atoms with Crippen molar-refractivity contribution in [2.24, 2.45) is 0 Å². The largest absolute Gasteiger partial charge is 0.365 e. The molecule has 1 spiro atoms. The van der Waals surface area contributed by atoms with E-state index in [0.29, 0.717) is 6.04 Å². The minimum Gasteiger partial charge on any atom is -0.365 e. The fourth-order valence-corrected chi connectivity index (χ4v) is 2.56. The summed E-state index contributed by atoms with van der Waals surface area (Å²) in [4.78, 5) is 0. The Balaban J connectivity index is 1.90. The first-order valence-corrected chi connectivity index (χ1v) is 5.61. The van der Waals surface area contributed by atoms with Crippen molar-refractivity contribution in [3.63, 3.8) is 0 Å². The Bertz CT molecular complexity index is 387. The van der Waals surface area contributed by atoms with Gasteiger partial charge in [0.15, 0.2) is 0 Å². The van der Waals surface area contributed by atoms with E-state index in [1.807, 2.05) is 17.1 Å². The molecule has 14 heavy (non-hydrogen) atoms. The SMILES string of the molecule is Brc1cnn(C2CC[C@]23C=CCO3)c1. The average Bonchev–Trinajstić information content (AvgIpc) is 2.73. The molecule has 2 heterocycles. The third kappa shape index (κ3) is 1.10. The molecule has 1 aromatic rings. The Morgan fingerprint density at radius 1 is 1.64 bits per heavy atom. The number of ether oxygens (including phenoxy) is 1. The van der Waals surface area contributed by atoms with Gasteiger partial charge in [-0.3, -0.25) is 4.68 Å². The Kier molecular flexibility index (Phi) is 1.82. The molecular formula is C10H11BrN2O. The molecule has 0 N–H and O–H groups in total. The van der Waals surface area contributed by atoms with Crippen molar-refractivity contribution in [2.75, 3.05) is 6.61 Å². The smallest absolute Gasteiger partial charge is 0.109 e. The van der Waals surface area contributed by atoms with Crippen LogP contribution in [0.15, 0.2) is 29.0 Å². The van der Waals surface area contributed by atoms with Gasteiger partial charge >= 0.3 is 0 Å². The molecule has 0 saturated heterocycles. The molecule has 0 radical (unpaired) electrons. The van der Waals surface area contributed by atoms with Gasteiger partial charge in [-0.2, -0.15) is 5.10 Å². The van der Waals surface area contributed by atoms with E-state index in [4.69, 9.17) is 4.74 Å². The van der Waals surface area contributed by atoms with E-state index in [9.17, 15) is 0 Å². The van der Waals surface area contributed by atoms with E-state index in [2.05, 4.69) is 33.2 Å². The van der Waals surface area contributed by atoms with Gasteiger partial charge < -0.3 is 4.74 Å². The maximum Gasteiger partial charge on any atom is 0.109 e. The third-order valence-corrected chi connectivity index (χ3v) is 3.52. The second-order valence-electron chi connectivity index (χ2n) is 3.86. The molecule has 2 aliphatic rings. The van der Waals surface area contributed by atoms with Gasteiger partial charge in [-0.05, 0) is 28.8 Å². The van der Waals surface area contributed by atoms with E-state index in [-0.39, 0.29) is 5.60 Å². The third-order valence-electron chi connectivity index (χ3n) is 3.11. The van der Waals surface area contributed by atoms with E-state index in [1.54, 1.807) is 0 Å². The fourth-order valence-electron chi connectivity index (χ4n) is 2.26. The first-order valence-electron chi connectivity index (χ1n) is 4.81. The van der Waals surface area contributed by atoms with Crippen molar-refractivity contribution in [3.05, 3.63) is 29.0 Å². The zero-order valence-corrected chi connectivity index (χ0v) is 9.27. The Labute approximate surface area is 90.9 Å². The molecule has 4 heteroatoms. The molecule has 0 bridgehead atoms. The maximum absolute atomic E-state index is 5.77. The van der Waals surface area contributed by atoms with Crippen LogP contribution in [0.2, 0.25) is 0 Å². The normalized spacial score (nSPS) is 35.1. The van der Waals surface area contributed by atoms with Crippen LogP contribution in [0.1, 0.15) is 18.9 Å². The number of hydrogen-bond acceptors (Lipinski definition) is 2. The van der Waals surface area contributed by atoms with Crippen LogP contribution in [0.3, 0.4) is 0 Å². The standard InChI is InChI=1S/C10H11BrN2O/c11-8-6-12-13(7-8)9-2-4-10(9)3-1-5-14-10/h1,3,6-7,9H,2,4-5H2/t9?,10-/m1/s1. The van der Waals surface area contributed by atoms with Crippen molar-refractivity contribution in [3.8, 4) is 0 Å². The van der Waals surface area contributed by atoms with E-state index >= 15 is 0 Å². The Morgan fingerprint density at radius 2 is 2.57 bits per heavy atom. The lowest BCUT2D eigenvalue weighted by Gasteiger charge is -2.44. The molecule has 2 atom stereocenters. The lowest BCUT2D eigenvalue weighted by atomic mass is 9.75. The highest BCUT2D eigenvalue weighted by Gasteiger charge is 2.49. The van der Waals surface area contributed by atoms with Crippen molar-refractivity contribution >= 4 is 15.9 Å². The van der Waals surface area contributed by atoms with E-state index in [1.165, 1.54) is 0 Å². The molecule has 1 aromatic heterocycles. The van der Waals surface area contributed by atoms with Crippen LogP contribution in [0.25, 0.3) is 0 Å². The summed E-state index contributed by atoms with van der Waals surface area (Å²) >= 11 is 3.41. The molecular weight excluding hydrogens is 244 g/mol. The molecule has 3 rings (SSSR count). The predicted molar refractivity (Wildman–Crippen MR) is 56.0 cm³/mol. The highest BCUT2D eigenvalue weighted by Crippen LogP contribution is 2.48.